The predicted molar refractivity (Wildman–Crippen MR) is 114 cm³/mol. The molecule has 1 fully saturated rings. The van der Waals surface area contributed by atoms with Crippen molar-refractivity contribution < 1.29 is 4.52 Å². The van der Waals surface area contributed by atoms with Crippen molar-refractivity contribution in [3.63, 3.8) is 0 Å². The van der Waals surface area contributed by atoms with E-state index in [0.717, 1.165) is 38.7 Å². The average molecular weight is 474 g/mol. The van der Waals surface area contributed by atoms with Crippen LogP contribution in [0.5, 0.6) is 0 Å². The van der Waals surface area contributed by atoms with Gasteiger partial charge in [-0.1, -0.05) is 38.1 Å². The highest BCUT2D eigenvalue weighted by Gasteiger charge is 2.29. The Balaban J connectivity index is 0.00000243. The fourth-order valence-electron chi connectivity index (χ4n) is 3.22. The molecule has 8 heteroatoms. The summed E-state index contributed by atoms with van der Waals surface area (Å²) >= 11 is 0. The minimum atomic E-state index is -0.134. The molecule has 2 aliphatic heterocycles. The van der Waals surface area contributed by atoms with E-state index >= 15 is 0 Å². The Bertz CT molecular complexity index is 628. The topological polar surface area (TPSA) is 69.8 Å². The first-order chi connectivity index (χ1) is 12.0. The molecule has 0 radical (unpaired) electrons. The fourth-order valence-corrected chi connectivity index (χ4v) is 3.22. The molecule has 1 saturated heterocycles. The summed E-state index contributed by atoms with van der Waals surface area (Å²) < 4.78 is 5.35. The molecule has 0 aromatic carbocycles. The van der Waals surface area contributed by atoms with E-state index < -0.39 is 0 Å². The SMILES string of the molecule is CCNC(=NCc1noc(C(C)(C)C)n1)N1CCC(N2CC=CC2)C1.I. The monoisotopic (exact) mass is 474 g/mol. The molecular formula is C18H31IN6O. The van der Waals surface area contributed by atoms with Gasteiger partial charge in [0.05, 0.1) is 0 Å². The number of aliphatic imine (C=N–C) groups is 1. The number of hydrogen-bond acceptors (Lipinski definition) is 5. The van der Waals surface area contributed by atoms with Crippen molar-refractivity contribution >= 4 is 29.9 Å². The largest absolute Gasteiger partial charge is 0.357 e. The quantitative estimate of drug-likeness (QED) is 0.313. The zero-order valence-corrected chi connectivity index (χ0v) is 18.6. The molecule has 0 bridgehead atoms. The molecular weight excluding hydrogens is 443 g/mol. The highest BCUT2D eigenvalue weighted by atomic mass is 127. The molecule has 3 rings (SSSR count). The molecule has 146 valence electrons. The lowest BCUT2D eigenvalue weighted by Gasteiger charge is -2.25. The zero-order valence-electron chi connectivity index (χ0n) is 16.2. The van der Waals surface area contributed by atoms with Crippen LogP contribution in [0.4, 0.5) is 0 Å². The first-order valence-electron chi connectivity index (χ1n) is 9.22. The summed E-state index contributed by atoms with van der Waals surface area (Å²) in [4.78, 5) is 14.1. The van der Waals surface area contributed by atoms with Gasteiger partial charge < -0.3 is 14.7 Å². The maximum Gasteiger partial charge on any atom is 0.232 e. The van der Waals surface area contributed by atoms with Crippen LogP contribution < -0.4 is 5.32 Å². The van der Waals surface area contributed by atoms with Gasteiger partial charge in [0, 0.05) is 44.2 Å². The molecule has 1 aromatic rings. The van der Waals surface area contributed by atoms with E-state index in [2.05, 4.69) is 65.1 Å². The first-order valence-corrected chi connectivity index (χ1v) is 9.22. The summed E-state index contributed by atoms with van der Waals surface area (Å²) in [6.07, 6.45) is 5.69. The van der Waals surface area contributed by atoms with E-state index in [1.807, 2.05) is 0 Å². The third kappa shape index (κ3) is 5.18. The summed E-state index contributed by atoms with van der Waals surface area (Å²) in [6.45, 7) is 13.8. The molecule has 7 nitrogen and oxygen atoms in total. The van der Waals surface area contributed by atoms with E-state index in [0.29, 0.717) is 24.3 Å². The standard InChI is InChI=1S/C18H30N6O.HI/c1-5-19-17(20-12-15-21-16(25-22-15)18(2,3)4)24-11-8-14(13-24)23-9-6-7-10-23;/h6-7,14H,5,8-13H2,1-4H3,(H,19,20);1H. The van der Waals surface area contributed by atoms with E-state index in [1.165, 1.54) is 6.42 Å². The van der Waals surface area contributed by atoms with Crippen LogP contribution >= 0.6 is 24.0 Å². The van der Waals surface area contributed by atoms with E-state index in [9.17, 15) is 0 Å². The van der Waals surface area contributed by atoms with E-state index in [1.54, 1.807) is 0 Å². The Labute approximate surface area is 173 Å². The lowest BCUT2D eigenvalue weighted by atomic mass is 9.97. The molecule has 26 heavy (non-hydrogen) atoms. The van der Waals surface area contributed by atoms with Gasteiger partial charge in [0.25, 0.3) is 0 Å². The van der Waals surface area contributed by atoms with Crippen LogP contribution in [0.15, 0.2) is 21.7 Å². The first kappa shape index (κ1) is 21.1. The van der Waals surface area contributed by atoms with Crippen LogP contribution in [-0.4, -0.2) is 64.7 Å². The second-order valence-electron chi connectivity index (χ2n) is 7.75. The van der Waals surface area contributed by atoms with Crippen molar-refractivity contribution in [1.82, 2.24) is 25.3 Å². The number of nitrogens with one attached hydrogen (secondary N) is 1. The molecule has 1 aromatic heterocycles. The molecule has 1 atom stereocenters. The third-order valence-electron chi connectivity index (χ3n) is 4.64. The van der Waals surface area contributed by atoms with Crippen LogP contribution in [0, 0.1) is 0 Å². The lowest BCUT2D eigenvalue weighted by Crippen LogP contribution is -2.42. The summed E-state index contributed by atoms with van der Waals surface area (Å²) in [7, 11) is 0. The minimum Gasteiger partial charge on any atom is -0.357 e. The van der Waals surface area contributed by atoms with Gasteiger partial charge in [-0.2, -0.15) is 4.98 Å². The summed E-state index contributed by atoms with van der Waals surface area (Å²) in [5.41, 5.74) is -0.134. The number of nitrogens with zero attached hydrogens (tertiary/aromatic N) is 5. The van der Waals surface area contributed by atoms with Crippen molar-refractivity contribution in [2.45, 2.75) is 52.1 Å². The molecule has 0 saturated carbocycles. The average Bonchev–Trinajstić information content (AvgIpc) is 3.31. The predicted octanol–water partition coefficient (Wildman–Crippen LogP) is 2.40. The van der Waals surface area contributed by atoms with Crippen LogP contribution in [0.3, 0.4) is 0 Å². The molecule has 1 N–H and O–H groups in total. The van der Waals surface area contributed by atoms with Crippen molar-refractivity contribution in [3.8, 4) is 0 Å². The third-order valence-corrected chi connectivity index (χ3v) is 4.64. The van der Waals surface area contributed by atoms with Crippen molar-refractivity contribution in [2.75, 3.05) is 32.7 Å². The van der Waals surface area contributed by atoms with Gasteiger partial charge in [0.2, 0.25) is 5.89 Å². The van der Waals surface area contributed by atoms with E-state index in [4.69, 9.17) is 9.52 Å². The molecule has 0 amide bonds. The van der Waals surface area contributed by atoms with Crippen molar-refractivity contribution in [1.29, 1.82) is 0 Å². The summed E-state index contributed by atoms with van der Waals surface area (Å²) in [5, 5.41) is 7.46. The summed E-state index contributed by atoms with van der Waals surface area (Å²) in [5.74, 6) is 2.24. The number of rotatable bonds is 4. The highest BCUT2D eigenvalue weighted by Crippen LogP contribution is 2.20. The summed E-state index contributed by atoms with van der Waals surface area (Å²) in [6, 6.07) is 0.608. The van der Waals surface area contributed by atoms with Gasteiger partial charge in [-0.3, -0.25) is 4.90 Å². The van der Waals surface area contributed by atoms with Crippen LogP contribution in [0.2, 0.25) is 0 Å². The number of halogens is 1. The van der Waals surface area contributed by atoms with Crippen molar-refractivity contribution in [3.05, 3.63) is 23.9 Å². The van der Waals surface area contributed by atoms with Gasteiger partial charge in [0.15, 0.2) is 11.8 Å². The van der Waals surface area contributed by atoms with E-state index in [-0.39, 0.29) is 29.4 Å². The highest BCUT2D eigenvalue weighted by molar-refractivity contribution is 14.0. The Morgan fingerprint density at radius 1 is 1.35 bits per heavy atom. The molecule has 3 heterocycles. The maximum absolute atomic E-state index is 5.35. The van der Waals surface area contributed by atoms with Gasteiger partial charge in [0.1, 0.15) is 6.54 Å². The molecule has 0 spiro atoms. The number of aromatic nitrogens is 2. The Hall–Kier alpha value is -1.16. The minimum absolute atomic E-state index is 0. The molecule has 0 aliphatic carbocycles. The molecule has 1 unspecified atom stereocenters. The normalized spacial score (nSPS) is 21.3. The van der Waals surface area contributed by atoms with Crippen LogP contribution in [-0.2, 0) is 12.0 Å². The second-order valence-corrected chi connectivity index (χ2v) is 7.75. The Kier molecular flexibility index (Phi) is 7.45. The lowest BCUT2D eigenvalue weighted by molar-refractivity contribution is 0.259. The number of likely N-dealkylation sites (tertiary alicyclic amines) is 1. The Morgan fingerprint density at radius 3 is 2.69 bits per heavy atom. The number of guanidine groups is 1. The Morgan fingerprint density at radius 2 is 2.08 bits per heavy atom. The zero-order chi connectivity index (χ0) is 17.9. The number of hydrogen-bond donors (Lipinski definition) is 1. The van der Waals surface area contributed by atoms with Gasteiger partial charge in [-0.15, -0.1) is 24.0 Å². The fraction of sp³-hybridized carbons (Fsp3) is 0.722. The van der Waals surface area contributed by atoms with Gasteiger partial charge in [-0.05, 0) is 13.3 Å². The second kappa shape index (κ2) is 9.16. The van der Waals surface area contributed by atoms with Crippen molar-refractivity contribution in [2.24, 2.45) is 4.99 Å². The van der Waals surface area contributed by atoms with Crippen LogP contribution in [0.1, 0.15) is 45.8 Å². The van der Waals surface area contributed by atoms with Gasteiger partial charge >= 0.3 is 0 Å². The molecule has 2 aliphatic rings. The smallest absolute Gasteiger partial charge is 0.232 e. The van der Waals surface area contributed by atoms with Crippen LogP contribution in [0.25, 0.3) is 0 Å². The van der Waals surface area contributed by atoms with Gasteiger partial charge in [-0.25, -0.2) is 4.99 Å². The maximum atomic E-state index is 5.35.